The third-order valence-corrected chi connectivity index (χ3v) is 1.26. The minimum atomic E-state index is 0. The lowest BCUT2D eigenvalue weighted by Crippen LogP contribution is -2.39. The smallest absolute Gasteiger partial charge is 0.146 e. The third kappa shape index (κ3) is 2.92. The van der Waals surface area contributed by atoms with Crippen molar-refractivity contribution in [2.75, 3.05) is 13.7 Å². The van der Waals surface area contributed by atoms with Crippen LogP contribution >= 0.6 is 24.0 Å². The van der Waals surface area contributed by atoms with Gasteiger partial charge in [-0.25, -0.2) is 5.01 Å². The predicted octanol–water partition coefficient (Wildman–Crippen LogP) is 0.810. The molecule has 7 heteroatoms. The van der Waals surface area contributed by atoms with Gasteiger partial charge in [0.15, 0.2) is 0 Å². The molecule has 1 aliphatic heterocycles. The van der Waals surface area contributed by atoms with Crippen molar-refractivity contribution in [3.8, 4) is 0 Å². The molecule has 0 radical (unpaired) electrons. The Morgan fingerprint density at radius 1 is 1.82 bits per heavy atom. The zero-order valence-electron chi connectivity index (χ0n) is 5.91. The second-order valence-corrected chi connectivity index (χ2v) is 2.09. The van der Waals surface area contributed by atoms with E-state index in [1.165, 1.54) is 6.20 Å². The maximum absolute atomic E-state index is 5.69. The van der Waals surface area contributed by atoms with Gasteiger partial charge in [0.25, 0.3) is 0 Å². The molecule has 0 saturated carbocycles. The Bertz CT molecular complexity index is 168. The van der Waals surface area contributed by atoms with E-state index in [0.717, 1.165) is 0 Å². The molecule has 0 aliphatic carbocycles. The molecule has 0 aromatic carbocycles. The standard InChI is InChI=1S/C4H8ClN5.ClH/c1-6-3-10-4(5)2-7-8-9-10;/h2,6H,3H2,1H3,(H,7,9);1H. The Balaban J connectivity index is 0.000001000. The topological polar surface area (TPSA) is 52.0 Å². The minimum Gasteiger partial charge on any atom is -0.301 e. The summed E-state index contributed by atoms with van der Waals surface area (Å²) >= 11 is 5.69. The molecule has 0 spiro atoms. The van der Waals surface area contributed by atoms with Crippen molar-refractivity contribution in [2.24, 2.45) is 10.3 Å². The van der Waals surface area contributed by atoms with Gasteiger partial charge in [0.1, 0.15) is 5.16 Å². The largest absolute Gasteiger partial charge is 0.301 e. The van der Waals surface area contributed by atoms with Gasteiger partial charge in [-0.15, -0.1) is 17.5 Å². The Kier molecular flexibility index (Phi) is 4.93. The highest BCUT2D eigenvalue weighted by atomic mass is 35.5. The summed E-state index contributed by atoms with van der Waals surface area (Å²) < 4.78 is 0. The van der Waals surface area contributed by atoms with Crippen molar-refractivity contribution in [2.45, 2.75) is 0 Å². The van der Waals surface area contributed by atoms with Gasteiger partial charge in [-0.05, 0) is 7.05 Å². The van der Waals surface area contributed by atoms with Crippen molar-refractivity contribution in [1.82, 2.24) is 15.9 Å². The fourth-order valence-electron chi connectivity index (χ4n) is 0.543. The number of nitrogens with one attached hydrogen (secondary N) is 2. The van der Waals surface area contributed by atoms with Gasteiger partial charge in [-0.1, -0.05) is 16.8 Å². The Hall–Kier alpha value is -0.520. The van der Waals surface area contributed by atoms with Crippen molar-refractivity contribution in [1.29, 1.82) is 0 Å². The summed E-state index contributed by atoms with van der Waals surface area (Å²) in [6, 6.07) is 0. The van der Waals surface area contributed by atoms with Gasteiger partial charge in [0.2, 0.25) is 0 Å². The van der Waals surface area contributed by atoms with Crippen LogP contribution in [0, 0.1) is 0 Å². The molecule has 0 bridgehead atoms. The van der Waals surface area contributed by atoms with Gasteiger partial charge >= 0.3 is 0 Å². The van der Waals surface area contributed by atoms with E-state index < -0.39 is 0 Å². The zero-order chi connectivity index (χ0) is 7.40. The van der Waals surface area contributed by atoms with Crippen LogP contribution in [0.1, 0.15) is 0 Å². The van der Waals surface area contributed by atoms with Crippen LogP contribution in [0.25, 0.3) is 0 Å². The maximum Gasteiger partial charge on any atom is 0.146 e. The first-order chi connectivity index (χ1) is 4.84. The Morgan fingerprint density at radius 3 is 3.09 bits per heavy atom. The summed E-state index contributed by atoms with van der Waals surface area (Å²) in [6.45, 7) is 0.592. The summed E-state index contributed by atoms with van der Waals surface area (Å²) in [5.41, 5.74) is 2.60. The van der Waals surface area contributed by atoms with E-state index >= 15 is 0 Å². The van der Waals surface area contributed by atoms with Crippen LogP contribution in [-0.2, 0) is 0 Å². The third-order valence-electron chi connectivity index (χ3n) is 0.962. The molecule has 0 unspecified atom stereocenters. The molecule has 0 fully saturated rings. The number of rotatable bonds is 2. The average molecular weight is 198 g/mol. The van der Waals surface area contributed by atoms with Crippen LogP contribution in [0.3, 0.4) is 0 Å². The van der Waals surface area contributed by atoms with E-state index in [-0.39, 0.29) is 12.4 Å². The van der Waals surface area contributed by atoms with Gasteiger partial charge in [0, 0.05) is 0 Å². The summed E-state index contributed by atoms with van der Waals surface area (Å²) in [7, 11) is 1.82. The van der Waals surface area contributed by atoms with Crippen LogP contribution in [0.5, 0.6) is 0 Å². The molecule has 0 saturated heterocycles. The highest BCUT2D eigenvalue weighted by Gasteiger charge is 2.06. The molecule has 0 aromatic rings. The summed E-state index contributed by atoms with van der Waals surface area (Å²) in [5, 5.41) is 12.1. The van der Waals surface area contributed by atoms with Gasteiger partial charge in [0.05, 0.1) is 12.9 Å². The first kappa shape index (κ1) is 10.5. The van der Waals surface area contributed by atoms with E-state index in [0.29, 0.717) is 11.8 Å². The molecule has 2 N–H and O–H groups in total. The summed E-state index contributed by atoms with van der Waals surface area (Å²) in [4.78, 5) is 0. The molecule has 0 aromatic heterocycles. The fraction of sp³-hybridized carbons (Fsp3) is 0.500. The molecule has 5 nitrogen and oxygen atoms in total. The fourth-order valence-corrected chi connectivity index (χ4v) is 0.684. The van der Waals surface area contributed by atoms with Crippen molar-refractivity contribution in [3.05, 3.63) is 11.4 Å². The number of nitrogens with zero attached hydrogens (tertiary/aromatic N) is 3. The van der Waals surface area contributed by atoms with Crippen LogP contribution in [0.2, 0.25) is 0 Å². The molecular formula is C4H9Cl2N5. The highest BCUT2D eigenvalue weighted by molar-refractivity contribution is 6.29. The van der Waals surface area contributed by atoms with Crippen molar-refractivity contribution in [3.63, 3.8) is 0 Å². The molecule has 11 heavy (non-hydrogen) atoms. The van der Waals surface area contributed by atoms with Gasteiger partial charge in [-0.3, -0.25) is 0 Å². The second kappa shape index (κ2) is 5.17. The Labute approximate surface area is 75.8 Å². The highest BCUT2D eigenvalue weighted by Crippen LogP contribution is 2.08. The lowest BCUT2D eigenvalue weighted by Gasteiger charge is -2.22. The maximum atomic E-state index is 5.69. The molecule has 1 aliphatic rings. The van der Waals surface area contributed by atoms with Crippen LogP contribution in [0.4, 0.5) is 0 Å². The predicted molar refractivity (Wildman–Crippen MR) is 44.9 cm³/mol. The lowest BCUT2D eigenvalue weighted by molar-refractivity contribution is 0.237. The number of hydrogen-bond donors (Lipinski definition) is 2. The molecule has 1 heterocycles. The number of halogens is 2. The average Bonchev–Trinajstić information content (AvgIpc) is 1.94. The quantitative estimate of drug-likeness (QED) is 0.645. The lowest BCUT2D eigenvalue weighted by atomic mass is 10.8. The van der Waals surface area contributed by atoms with E-state index in [1.54, 1.807) is 5.01 Å². The normalized spacial score (nSPS) is 15.1. The van der Waals surface area contributed by atoms with Crippen LogP contribution in [0.15, 0.2) is 21.7 Å². The van der Waals surface area contributed by atoms with E-state index in [1.807, 2.05) is 7.05 Å². The molecule has 0 amide bonds. The number of hydrogen-bond acceptors (Lipinski definition) is 5. The monoisotopic (exact) mass is 197 g/mol. The van der Waals surface area contributed by atoms with Gasteiger partial charge in [-0.2, -0.15) is 5.53 Å². The summed E-state index contributed by atoms with van der Waals surface area (Å²) in [5.74, 6) is 0. The van der Waals surface area contributed by atoms with Gasteiger partial charge < -0.3 is 5.32 Å². The SMILES string of the molecule is CNCN1NN=NC=C1Cl.Cl. The molecule has 64 valence electrons. The van der Waals surface area contributed by atoms with E-state index in [2.05, 4.69) is 21.2 Å². The zero-order valence-corrected chi connectivity index (χ0v) is 7.48. The molecule has 0 atom stereocenters. The van der Waals surface area contributed by atoms with Crippen molar-refractivity contribution < 1.29 is 0 Å². The summed E-state index contributed by atoms with van der Waals surface area (Å²) in [6.07, 6.45) is 1.47. The van der Waals surface area contributed by atoms with Crippen molar-refractivity contribution >= 4 is 24.0 Å². The van der Waals surface area contributed by atoms with E-state index in [9.17, 15) is 0 Å². The van der Waals surface area contributed by atoms with Crippen LogP contribution in [-0.4, -0.2) is 18.7 Å². The van der Waals surface area contributed by atoms with Crippen LogP contribution < -0.4 is 10.9 Å². The first-order valence-electron chi connectivity index (χ1n) is 2.78. The second-order valence-electron chi connectivity index (χ2n) is 1.71. The Morgan fingerprint density at radius 2 is 2.55 bits per heavy atom. The molecule has 1 rings (SSSR count). The van der Waals surface area contributed by atoms with E-state index in [4.69, 9.17) is 11.6 Å². The molecular weight excluding hydrogens is 189 g/mol. The minimum absolute atomic E-state index is 0. The first-order valence-corrected chi connectivity index (χ1v) is 3.15. The number of hydrazine groups is 1.